The van der Waals surface area contributed by atoms with E-state index in [2.05, 4.69) is 41.3 Å². The van der Waals surface area contributed by atoms with E-state index in [4.69, 9.17) is 5.26 Å². The second-order valence-corrected chi connectivity index (χ2v) is 6.33. The van der Waals surface area contributed by atoms with Crippen molar-refractivity contribution >= 4 is 29.9 Å². The molecule has 0 fully saturated rings. The van der Waals surface area contributed by atoms with Crippen molar-refractivity contribution in [1.29, 1.82) is 5.26 Å². The molecule has 5 nitrogen and oxygen atoms in total. The number of nitriles is 1. The van der Waals surface area contributed by atoms with Gasteiger partial charge in [-0.05, 0) is 64.5 Å². The Morgan fingerprint density at radius 3 is 2.59 bits per heavy atom. The number of aliphatic imine (C=N–C) groups is 1. The first-order valence-electron chi connectivity index (χ1n) is 9.49. The summed E-state index contributed by atoms with van der Waals surface area (Å²) < 4.78 is 13.9. The van der Waals surface area contributed by atoms with E-state index in [9.17, 15) is 4.39 Å². The van der Waals surface area contributed by atoms with Crippen molar-refractivity contribution in [2.45, 2.75) is 53.1 Å². The second-order valence-electron chi connectivity index (χ2n) is 6.33. The van der Waals surface area contributed by atoms with Gasteiger partial charge in [0.15, 0.2) is 5.96 Å². The Labute approximate surface area is 180 Å². The van der Waals surface area contributed by atoms with Gasteiger partial charge in [-0.1, -0.05) is 13.8 Å². The zero-order chi connectivity index (χ0) is 19.4. The molecule has 1 unspecified atom stereocenters. The molecule has 1 atom stereocenters. The quantitative estimate of drug-likeness (QED) is 0.298. The van der Waals surface area contributed by atoms with Crippen LogP contribution in [0.2, 0.25) is 0 Å². The Kier molecular flexibility index (Phi) is 13.9. The lowest BCUT2D eigenvalue weighted by molar-refractivity contribution is 0.292. The number of benzene rings is 1. The summed E-state index contributed by atoms with van der Waals surface area (Å²) in [6, 6.07) is 6.65. The van der Waals surface area contributed by atoms with E-state index in [1.165, 1.54) is 12.1 Å². The van der Waals surface area contributed by atoms with E-state index < -0.39 is 0 Å². The molecule has 0 radical (unpaired) electrons. The molecule has 0 aliphatic carbocycles. The lowest BCUT2D eigenvalue weighted by atomic mass is 10.1. The molecule has 0 bridgehead atoms. The minimum atomic E-state index is -0.337. The van der Waals surface area contributed by atoms with Gasteiger partial charge < -0.3 is 15.5 Å². The third-order valence-corrected chi connectivity index (χ3v) is 4.32. The molecular formula is C20H33FIN5. The molecule has 0 aliphatic heterocycles. The van der Waals surface area contributed by atoms with Gasteiger partial charge in [0.25, 0.3) is 0 Å². The van der Waals surface area contributed by atoms with Gasteiger partial charge in [-0.25, -0.2) is 9.38 Å². The summed E-state index contributed by atoms with van der Waals surface area (Å²) in [5.41, 5.74) is 0.870. The Morgan fingerprint density at radius 2 is 2.00 bits per heavy atom. The van der Waals surface area contributed by atoms with Gasteiger partial charge in [0.2, 0.25) is 0 Å². The fourth-order valence-corrected chi connectivity index (χ4v) is 2.72. The third kappa shape index (κ3) is 9.91. The van der Waals surface area contributed by atoms with Crippen LogP contribution in [0.1, 0.15) is 51.7 Å². The number of guanidine groups is 1. The summed E-state index contributed by atoms with van der Waals surface area (Å²) >= 11 is 0. The van der Waals surface area contributed by atoms with E-state index in [1.807, 2.05) is 13.0 Å². The Hall–Kier alpha value is -1.40. The van der Waals surface area contributed by atoms with Crippen LogP contribution in [-0.2, 0) is 6.54 Å². The summed E-state index contributed by atoms with van der Waals surface area (Å²) in [5, 5.41) is 15.5. The molecule has 0 heterocycles. The number of hydrogen-bond donors (Lipinski definition) is 2. The molecule has 0 saturated heterocycles. The van der Waals surface area contributed by atoms with Gasteiger partial charge in [-0.3, -0.25) is 0 Å². The highest BCUT2D eigenvalue weighted by atomic mass is 127. The van der Waals surface area contributed by atoms with Crippen LogP contribution in [0, 0.1) is 17.1 Å². The monoisotopic (exact) mass is 489 g/mol. The third-order valence-electron chi connectivity index (χ3n) is 4.32. The Bertz CT molecular complexity index is 611. The zero-order valence-corrected chi connectivity index (χ0v) is 19.2. The first kappa shape index (κ1) is 25.6. The topological polar surface area (TPSA) is 63.5 Å². The van der Waals surface area contributed by atoms with Gasteiger partial charge in [0.05, 0.1) is 18.2 Å². The molecule has 7 heteroatoms. The van der Waals surface area contributed by atoms with Crippen LogP contribution >= 0.6 is 24.0 Å². The van der Waals surface area contributed by atoms with Gasteiger partial charge in [-0.15, -0.1) is 24.0 Å². The maximum Gasteiger partial charge on any atom is 0.191 e. The van der Waals surface area contributed by atoms with Crippen LogP contribution in [0.5, 0.6) is 0 Å². The molecule has 0 amide bonds. The van der Waals surface area contributed by atoms with Crippen molar-refractivity contribution in [1.82, 2.24) is 15.5 Å². The summed E-state index contributed by atoms with van der Waals surface area (Å²) in [7, 11) is 0. The Balaban J connectivity index is 0.00000676. The van der Waals surface area contributed by atoms with E-state index in [-0.39, 0.29) is 42.4 Å². The molecule has 1 aromatic rings. The smallest absolute Gasteiger partial charge is 0.191 e. The normalized spacial score (nSPS) is 12.3. The zero-order valence-electron chi connectivity index (χ0n) is 16.9. The van der Waals surface area contributed by atoms with E-state index in [0.717, 1.165) is 39.0 Å². The minimum Gasteiger partial charge on any atom is -0.357 e. The Morgan fingerprint density at radius 1 is 1.30 bits per heavy atom. The number of halogens is 2. The number of nitrogens with zero attached hydrogens (tertiary/aromatic N) is 3. The van der Waals surface area contributed by atoms with Crippen LogP contribution in [0.25, 0.3) is 0 Å². The van der Waals surface area contributed by atoms with E-state index in [1.54, 1.807) is 6.07 Å². The lowest BCUT2D eigenvalue weighted by Gasteiger charge is -2.21. The van der Waals surface area contributed by atoms with Crippen molar-refractivity contribution in [3.05, 3.63) is 35.1 Å². The summed E-state index contributed by atoms with van der Waals surface area (Å²) in [6.07, 6.45) is 2.16. The maximum atomic E-state index is 13.9. The highest BCUT2D eigenvalue weighted by Gasteiger charge is 2.08. The molecule has 0 aliphatic rings. The lowest BCUT2D eigenvalue weighted by Crippen LogP contribution is -2.42. The van der Waals surface area contributed by atoms with Crippen LogP contribution in [-0.4, -0.2) is 43.1 Å². The molecule has 0 aromatic heterocycles. The van der Waals surface area contributed by atoms with Crippen molar-refractivity contribution in [2.24, 2.45) is 4.99 Å². The van der Waals surface area contributed by atoms with Crippen molar-refractivity contribution in [3.8, 4) is 6.07 Å². The van der Waals surface area contributed by atoms with Crippen LogP contribution in [0.15, 0.2) is 23.2 Å². The average Bonchev–Trinajstić information content (AvgIpc) is 2.64. The largest absolute Gasteiger partial charge is 0.357 e. The molecule has 27 heavy (non-hydrogen) atoms. The predicted molar refractivity (Wildman–Crippen MR) is 121 cm³/mol. The maximum absolute atomic E-state index is 13.9. The summed E-state index contributed by atoms with van der Waals surface area (Å²) in [5.74, 6) is 0.334. The van der Waals surface area contributed by atoms with Gasteiger partial charge in [0.1, 0.15) is 5.82 Å². The SMILES string of the molecule is CCNC(=NCc1cc(C#N)ccc1F)NC(C)CCCN(CC)CC.I. The standard InChI is InChI=1S/C20H32FN5.HI/c1-5-23-20(25-16(4)9-8-12-26(6-2)7-3)24-15-18-13-17(14-22)10-11-19(18)21;/h10-11,13,16H,5-9,12,15H2,1-4H3,(H2,23,24,25);1H. The predicted octanol–water partition coefficient (Wildman–Crippen LogP) is 3.88. The molecule has 2 N–H and O–H groups in total. The fraction of sp³-hybridized carbons (Fsp3) is 0.600. The van der Waals surface area contributed by atoms with Gasteiger partial charge in [-0.2, -0.15) is 5.26 Å². The van der Waals surface area contributed by atoms with Gasteiger partial charge >= 0.3 is 0 Å². The van der Waals surface area contributed by atoms with Crippen molar-refractivity contribution in [2.75, 3.05) is 26.2 Å². The molecule has 152 valence electrons. The van der Waals surface area contributed by atoms with Crippen LogP contribution in [0.4, 0.5) is 4.39 Å². The first-order valence-corrected chi connectivity index (χ1v) is 9.49. The summed E-state index contributed by atoms with van der Waals surface area (Å²) in [4.78, 5) is 6.88. The van der Waals surface area contributed by atoms with E-state index >= 15 is 0 Å². The minimum absolute atomic E-state index is 0. The van der Waals surface area contributed by atoms with Crippen molar-refractivity contribution < 1.29 is 4.39 Å². The van der Waals surface area contributed by atoms with Crippen LogP contribution in [0.3, 0.4) is 0 Å². The van der Waals surface area contributed by atoms with Crippen molar-refractivity contribution in [3.63, 3.8) is 0 Å². The van der Waals surface area contributed by atoms with Crippen LogP contribution < -0.4 is 10.6 Å². The number of nitrogens with one attached hydrogen (secondary N) is 2. The molecule has 0 saturated carbocycles. The van der Waals surface area contributed by atoms with Gasteiger partial charge in [0, 0.05) is 18.2 Å². The number of hydrogen-bond acceptors (Lipinski definition) is 3. The first-order chi connectivity index (χ1) is 12.5. The highest BCUT2D eigenvalue weighted by molar-refractivity contribution is 14.0. The second kappa shape index (κ2) is 14.6. The fourth-order valence-electron chi connectivity index (χ4n) is 2.72. The molecular weight excluding hydrogens is 456 g/mol. The van der Waals surface area contributed by atoms with E-state index in [0.29, 0.717) is 17.1 Å². The average molecular weight is 489 g/mol. The molecule has 1 rings (SSSR count). The molecule has 0 spiro atoms. The summed E-state index contributed by atoms with van der Waals surface area (Å²) in [6.45, 7) is 12.7. The highest BCUT2D eigenvalue weighted by Crippen LogP contribution is 2.11. The number of rotatable bonds is 10. The molecule has 1 aromatic carbocycles.